The summed E-state index contributed by atoms with van der Waals surface area (Å²) in [4.78, 5) is 0.0184. The average Bonchev–Trinajstić information content (AvgIpc) is 2.36. The van der Waals surface area contributed by atoms with E-state index in [2.05, 4.69) is 20.7 Å². The Morgan fingerprint density at radius 1 is 1.20 bits per heavy atom. The van der Waals surface area contributed by atoms with Gasteiger partial charge in [-0.15, -0.1) is 0 Å². The van der Waals surface area contributed by atoms with Gasteiger partial charge >= 0.3 is 0 Å². The van der Waals surface area contributed by atoms with Crippen molar-refractivity contribution in [2.24, 2.45) is 0 Å². The fourth-order valence-electron chi connectivity index (χ4n) is 1.54. The number of aryl methyl sites for hydroxylation is 1. The molecular formula is C13H11BrFNO3S. The van der Waals surface area contributed by atoms with Crippen LogP contribution in [0.5, 0.6) is 5.75 Å². The number of phenolic OH excluding ortho intramolecular Hbond substituents is 1. The van der Waals surface area contributed by atoms with Gasteiger partial charge in [0.05, 0.1) is 15.1 Å². The number of rotatable bonds is 3. The van der Waals surface area contributed by atoms with E-state index in [1.54, 1.807) is 12.1 Å². The first-order valence-electron chi connectivity index (χ1n) is 5.57. The van der Waals surface area contributed by atoms with Gasteiger partial charge < -0.3 is 5.11 Å². The molecule has 4 nitrogen and oxygen atoms in total. The van der Waals surface area contributed by atoms with E-state index in [1.807, 2.05) is 6.92 Å². The van der Waals surface area contributed by atoms with Gasteiger partial charge in [-0.3, -0.25) is 4.72 Å². The Balaban J connectivity index is 2.38. The zero-order valence-electron chi connectivity index (χ0n) is 10.4. The van der Waals surface area contributed by atoms with Crippen molar-refractivity contribution in [1.29, 1.82) is 0 Å². The van der Waals surface area contributed by atoms with E-state index >= 15 is 0 Å². The van der Waals surface area contributed by atoms with Crippen molar-refractivity contribution in [2.45, 2.75) is 11.8 Å². The van der Waals surface area contributed by atoms with Gasteiger partial charge in [-0.1, -0.05) is 17.7 Å². The molecule has 7 heteroatoms. The quantitative estimate of drug-likeness (QED) is 0.882. The molecular weight excluding hydrogens is 349 g/mol. The first-order chi connectivity index (χ1) is 9.29. The number of aromatic hydroxyl groups is 1. The first-order valence-corrected chi connectivity index (χ1v) is 7.85. The van der Waals surface area contributed by atoms with Gasteiger partial charge in [0, 0.05) is 6.07 Å². The second-order valence-corrected chi connectivity index (χ2v) is 6.74. The van der Waals surface area contributed by atoms with E-state index in [4.69, 9.17) is 0 Å². The zero-order valence-corrected chi connectivity index (χ0v) is 12.8. The molecule has 0 saturated carbocycles. The summed E-state index contributed by atoms with van der Waals surface area (Å²) in [6.45, 7) is 1.83. The predicted molar refractivity (Wildman–Crippen MR) is 77.8 cm³/mol. The van der Waals surface area contributed by atoms with Crippen LogP contribution in [0.15, 0.2) is 45.8 Å². The maximum Gasteiger partial charge on any atom is 0.261 e. The Morgan fingerprint density at radius 3 is 2.40 bits per heavy atom. The first kappa shape index (κ1) is 14.8. The van der Waals surface area contributed by atoms with Crippen LogP contribution in [0.1, 0.15) is 5.56 Å². The molecule has 0 saturated heterocycles. The van der Waals surface area contributed by atoms with Crippen molar-refractivity contribution < 1.29 is 17.9 Å². The third-order valence-electron chi connectivity index (χ3n) is 2.61. The van der Waals surface area contributed by atoms with E-state index in [1.165, 1.54) is 12.1 Å². The molecule has 0 atom stereocenters. The summed E-state index contributed by atoms with van der Waals surface area (Å²) < 4.78 is 40.1. The van der Waals surface area contributed by atoms with E-state index in [9.17, 15) is 17.9 Å². The highest BCUT2D eigenvalue weighted by Gasteiger charge is 2.17. The normalized spacial score (nSPS) is 11.3. The SMILES string of the molecule is Cc1ccc(S(=O)(=O)Nc2cc(O)c(Br)cc2F)cc1. The number of hydrogen-bond acceptors (Lipinski definition) is 3. The summed E-state index contributed by atoms with van der Waals surface area (Å²) in [6, 6.07) is 8.13. The number of sulfonamides is 1. The molecule has 20 heavy (non-hydrogen) atoms. The fourth-order valence-corrected chi connectivity index (χ4v) is 2.91. The Hall–Kier alpha value is -1.60. The molecule has 0 aromatic heterocycles. The van der Waals surface area contributed by atoms with Crippen LogP contribution in [0, 0.1) is 12.7 Å². The molecule has 0 spiro atoms. The third kappa shape index (κ3) is 3.10. The summed E-state index contributed by atoms with van der Waals surface area (Å²) in [5.41, 5.74) is 0.600. The number of anilines is 1. The predicted octanol–water partition coefficient (Wildman–Crippen LogP) is 3.40. The van der Waals surface area contributed by atoms with E-state index in [0.29, 0.717) is 0 Å². The lowest BCUT2D eigenvalue weighted by Gasteiger charge is -2.10. The van der Waals surface area contributed by atoms with Gasteiger partial charge in [-0.05, 0) is 41.1 Å². The highest BCUT2D eigenvalue weighted by atomic mass is 79.9. The standard InChI is InChI=1S/C13H11BrFNO3S/c1-8-2-4-9(5-3-8)20(18,19)16-12-7-13(17)10(14)6-11(12)15/h2-7,16-17H,1H3. The summed E-state index contributed by atoms with van der Waals surface area (Å²) in [5.74, 6) is -1.04. The molecule has 2 aromatic carbocycles. The van der Waals surface area contributed by atoms with Crippen molar-refractivity contribution in [3.8, 4) is 5.75 Å². The summed E-state index contributed by atoms with van der Waals surface area (Å²) >= 11 is 2.95. The summed E-state index contributed by atoms with van der Waals surface area (Å²) in [6.07, 6.45) is 0. The Kier molecular flexibility index (Phi) is 4.01. The van der Waals surface area contributed by atoms with E-state index in [0.717, 1.165) is 17.7 Å². The van der Waals surface area contributed by atoms with Crippen LogP contribution in [0.2, 0.25) is 0 Å². The second-order valence-electron chi connectivity index (χ2n) is 4.20. The molecule has 0 amide bonds. The van der Waals surface area contributed by atoms with Gasteiger partial charge in [0.25, 0.3) is 10.0 Å². The number of phenols is 1. The third-order valence-corrected chi connectivity index (χ3v) is 4.63. The van der Waals surface area contributed by atoms with Crippen molar-refractivity contribution in [1.82, 2.24) is 0 Å². The van der Waals surface area contributed by atoms with E-state index < -0.39 is 15.8 Å². The van der Waals surface area contributed by atoms with Crippen LogP contribution < -0.4 is 4.72 Å². The summed E-state index contributed by atoms with van der Waals surface area (Å²) in [5, 5.41) is 9.48. The number of halogens is 2. The lowest BCUT2D eigenvalue weighted by molar-refractivity contribution is 0.470. The van der Waals surface area contributed by atoms with Gasteiger partial charge in [0.2, 0.25) is 0 Å². The van der Waals surface area contributed by atoms with Gasteiger partial charge in [0.15, 0.2) is 0 Å². The molecule has 106 valence electrons. The molecule has 0 heterocycles. The molecule has 2 N–H and O–H groups in total. The minimum absolute atomic E-state index is 0.0184. The number of benzene rings is 2. The maximum absolute atomic E-state index is 13.7. The highest BCUT2D eigenvalue weighted by Crippen LogP contribution is 2.30. The van der Waals surface area contributed by atoms with Crippen LogP contribution in [-0.2, 0) is 10.0 Å². The maximum atomic E-state index is 13.7. The molecule has 0 aliphatic rings. The molecule has 0 radical (unpaired) electrons. The Labute approximate surface area is 124 Å². The zero-order chi connectivity index (χ0) is 14.9. The van der Waals surface area contributed by atoms with Gasteiger partial charge in [-0.25, -0.2) is 12.8 Å². The van der Waals surface area contributed by atoms with Crippen LogP contribution >= 0.6 is 15.9 Å². The fraction of sp³-hybridized carbons (Fsp3) is 0.0769. The molecule has 0 fully saturated rings. The van der Waals surface area contributed by atoms with Gasteiger partial charge in [0.1, 0.15) is 11.6 Å². The van der Waals surface area contributed by atoms with Crippen molar-refractivity contribution in [3.05, 3.63) is 52.3 Å². The van der Waals surface area contributed by atoms with Crippen LogP contribution in [0.3, 0.4) is 0 Å². The summed E-state index contributed by atoms with van der Waals surface area (Å²) in [7, 11) is -3.90. The molecule has 0 aliphatic carbocycles. The molecule has 0 unspecified atom stereocenters. The highest BCUT2D eigenvalue weighted by molar-refractivity contribution is 9.10. The molecule has 0 bridgehead atoms. The number of hydrogen-bond donors (Lipinski definition) is 2. The van der Waals surface area contributed by atoms with Crippen LogP contribution in [0.25, 0.3) is 0 Å². The van der Waals surface area contributed by atoms with E-state index in [-0.39, 0.29) is 20.8 Å². The monoisotopic (exact) mass is 359 g/mol. The van der Waals surface area contributed by atoms with Crippen molar-refractivity contribution in [2.75, 3.05) is 4.72 Å². The lowest BCUT2D eigenvalue weighted by atomic mass is 10.2. The van der Waals surface area contributed by atoms with Crippen molar-refractivity contribution >= 4 is 31.6 Å². The van der Waals surface area contributed by atoms with Gasteiger partial charge in [-0.2, -0.15) is 0 Å². The number of nitrogens with one attached hydrogen (secondary N) is 1. The second kappa shape index (κ2) is 5.41. The largest absolute Gasteiger partial charge is 0.507 e. The lowest BCUT2D eigenvalue weighted by Crippen LogP contribution is -2.14. The Bertz CT molecular complexity index is 745. The van der Waals surface area contributed by atoms with Crippen LogP contribution in [-0.4, -0.2) is 13.5 Å². The smallest absolute Gasteiger partial charge is 0.261 e. The minimum Gasteiger partial charge on any atom is -0.507 e. The minimum atomic E-state index is -3.90. The molecule has 2 rings (SSSR count). The Morgan fingerprint density at radius 2 is 1.80 bits per heavy atom. The average molecular weight is 360 g/mol. The molecule has 2 aromatic rings. The molecule has 0 aliphatic heterocycles. The topological polar surface area (TPSA) is 66.4 Å². The van der Waals surface area contributed by atoms with Crippen molar-refractivity contribution in [3.63, 3.8) is 0 Å². The van der Waals surface area contributed by atoms with Crippen LogP contribution in [0.4, 0.5) is 10.1 Å².